The van der Waals surface area contributed by atoms with Gasteiger partial charge < -0.3 is 19.5 Å². The summed E-state index contributed by atoms with van der Waals surface area (Å²) in [7, 11) is 0. The van der Waals surface area contributed by atoms with E-state index in [1.807, 2.05) is 45.0 Å². The summed E-state index contributed by atoms with van der Waals surface area (Å²) in [5, 5.41) is 2.93. The first-order chi connectivity index (χ1) is 11.4. The van der Waals surface area contributed by atoms with Gasteiger partial charge in [-0.05, 0) is 57.4 Å². The van der Waals surface area contributed by atoms with Crippen molar-refractivity contribution in [3.8, 4) is 5.75 Å². The first-order valence-corrected chi connectivity index (χ1v) is 8.67. The van der Waals surface area contributed by atoms with Gasteiger partial charge in [0.15, 0.2) is 0 Å². The molecule has 1 amide bonds. The Labute approximate surface area is 145 Å². The van der Waals surface area contributed by atoms with Crippen LogP contribution in [0.25, 0.3) is 0 Å². The van der Waals surface area contributed by atoms with Crippen LogP contribution >= 0.6 is 0 Å². The Morgan fingerprint density at radius 1 is 1.12 bits per heavy atom. The Hall–Kier alpha value is -1.59. The molecule has 0 aromatic heterocycles. The highest BCUT2D eigenvalue weighted by atomic mass is 16.5. The Bertz CT molecular complexity index is 487. The van der Waals surface area contributed by atoms with Gasteiger partial charge in [0.2, 0.25) is 0 Å². The summed E-state index contributed by atoms with van der Waals surface area (Å²) in [5.74, 6) is 0.999. The van der Waals surface area contributed by atoms with Crippen LogP contribution in [-0.4, -0.2) is 37.9 Å². The Balaban J connectivity index is 2.62. The average Bonchev–Trinajstić information content (AvgIpc) is 2.52. The number of hydrogen-bond donors (Lipinski definition) is 1. The van der Waals surface area contributed by atoms with Crippen LogP contribution in [-0.2, 0) is 14.3 Å². The predicted molar refractivity (Wildman–Crippen MR) is 96.5 cm³/mol. The molecule has 0 saturated carbocycles. The van der Waals surface area contributed by atoms with E-state index in [9.17, 15) is 4.79 Å². The van der Waals surface area contributed by atoms with E-state index in [4.69, 9.17) is 14.2 Å². The summed E-state index contributed by atoms with van der Waals surface area (Å²) in [4.78, 5) is 12.6. The van der Waals surface area contributed by atoms with Crippen molar-refractivity contribution in [1.29, 1.82) is 0 Å². The van der Waals surface area contributed by atoms with Crippen molar-refractivity contribution in [2.75, 3.05) is 31.7 Å². The first-order valence-electron chi connectivity index (χ1n) is 8.67. The topological polar surface area (TPSA) is 56.8 Å². The Kier molecular flexibility index (Phi) is 8.79. The molecule has 0 bridgehead atoms. The largest absolute Gasteiger partial charge is 0.491 e. The number of rotatable bonds is 11. The van der Waals surface area contributed by atoms with Crippen LogP contribution in [0, 0.1) is 5.92 Å². The summed E-state index contributed by atoms with van der Waals surface area (Å²) in [6.07, 6.45) is 0.672. The number of carbonyl (C=O) groups excluding carboxylic acids is 1. The maximum Gasteiger partial charge on any atom is 0.256 e. The summed E-state index contributed by atoms with van der Waals surface area (Å²) >= 11 is 0. The van der Waals surface area contributed by atoms with Gasteiger partial charge in [-0.25, -0.2) is 0 Å². The number of anilines is 1. The Morgan fingerprint density at radius 3 is 2.33 bits per heavy atom. The fourth-order valence-electron chi connectivity index (χ4n) is 2.58. The summed E-state index contributed by atoms with van der Waals surface area (Å²) in [5.41, 5.74) is -0.0953. The second kappa shape index (κ2) is 10.3. The highest BCUT2D eigenvalue weighted by molar-refractivity contribution is 5.97. The molecule has 1 unspecified atom stereocenters. The molecule has 1 aromatic carbocycles. The van der Waals surface area contributed by atoms with Crippen molar-refractivity contribution in [1.82, 2.24) is 0 Å². The standard InChI is InChI=1S/C19H31NO4/c1-6-22-12-13-23-17-10-8-16(9-11-17)20-18(21)19(5,24-7-2)14-15(3)4/h8-11,15H,6-7,12-14H2,1-5H3,(H,20,21). The van der Waals surface area contributed by atoms with Crippen molar-refractivity contribution >= 4 is 11.6 Å². The van der Waals surface area contributed by atoms with Gasteiger partial charge in [0.1, 0.15) is 18.0 Å². The summed E-state index contributed by atoms with van der Waals surface area (Å²) in [6, 6.07) is 7.33. The lowest BCUT2D eigenvalue weighted by Crippen LogP contribution is -2.43. The van der Waals surface area contributed by atoms with E-state index in [0.29, 0.717) is 38.8 Å². The first kappa shape index (κ1) is 20.5. The molecule has 0 aliphatic rings. The number of ether oxygens (including phenoxy) is 3. The number of hydrogen-bond acceptors (Lipinski definition) is 4. The third-order valence-corrected chi connectivity index (χ3v) is 3.55. The summed E-state index contributed by atoms with van der Waals surface area (Å²) < 4.78 is 16.5. The van der Waals surface area contributed by atoms with E-state index in [1.54, 1.807) is 0 Å². The zero-order chi connectivity index (χ0) is 18.0. The molecule has 136 valence electrons. The molecular weight excluding hydrogens is 306 g/mol. The molecule has 0 radical (unpaired) electrons. The highest BCUT2D eigenvalue weighted by Crippen LogP contribution is 2.24. The molecule has 0 saturated heterocycles. The molecule has 0 fully saturated rings. The smallest absolute Gasteiger partial charge is 0.256 e. The number of nitrogens with one attached hydrogen (secondary N) is 1. The molecule has 0 spiro atoms. The minimum Gasteiger partial charge on any atom is -0.491 e. The lowest BCUT2D eigenvalue weighted by Gasteiger charge is -2.29. The van der Waals surface area contributed by atoms with E-state index in [2.05, 4.69) is 19.2 Å². The van der Waals surface area contributed by atoms with Gasteiger partial charge in [-0.2, -0.15) is 0 Å². The van der Waals surface area contributed by atoms with Crippen LogP contribution in [0.2, 0.25) is 0 Å². The summed E-state index contributed by atoms with van der Waals surface area (Å²) in [6.45, 7) is 12.1. The average molecular weight is 337 g/mol. The molecule has 24 heavy (non-hydrogen) atoms. The maximum absolute atomic E-state index is 12.6. The van der Waals surface area contributed by atoms with Crippen LogP contribution in [0.3, 0.4) is 0 Å². The van der Waals surface area contributed by atoms with Crippen molar-refractivity contribution in [3.05, 3.63) is 24.3 Å². The molecule has 1 atom stereocenters. The van der Waals surface area contributed by atoms with Gasteiger partial charge in [-0.1, -0.05) is 13.8 Å². The van der Waals surface area contributed by atoms with Crippen LogP contribution in [0.4, 0.5) is 5.69 Å². The fourth-order valence-corrected chi connectivity index (χ4v) is 2.58. The zero-order valence-corrected chi connectivity index (χ0v) is 15.6. The van der Waals surface area contributed by atoms with Crippen molar-refractivity contribution < 1.29 is 19.0 Å². The van der Waals surface area contributed by atoms with Gasteiger partial charge in [-0.15, -0.1) is 0 Å². The van der Waals surface area contributed by atoms with Crippen LogP contribution < -0.4 is 10.1 Å². The highest BCUT2D eigenvalue weighted by Gasteiger charge is 2.34. The molecule has 1 aromatic rings. The lowest BCUT2D eigenvalue weighted by atomic mass is 9.93. The van der Waals surface area contributed by atoms with Crippen molar-refractivity contribution in [3.63, 3.8) is 0 Å². The van der Waals surface area contributed by atoms with Gasteiger partial charge in [0.25, 0.3) is 5.91 Å². The monoisotopic (exact) mass is 337 g/mol. The lowest BCUT2D eigenvalue weighted by molar-refractivity contribution is -0.140. The molecule has 1 N–H and O–H groups in total. The van der Waals surface area contributed by atoms with Crippen LogP contribution in [0.15, 0.2) is 24.3 Å². The van der Waals surface area contributed by atoms with Gasteiger partial charge in [0.05, 0.1) is 6.61 Å². The SMILES string of the molecule is CCOCCOc1ccc(NC(=O)C(C)(CC(C)C)OCC)cc1. The molecule has 0 aliphatic carbocycles. The van der Waals surface area contributed by atoms with Gasteiger partial charge in [-0.3, -0.25) is 4.79 Å². The molecule has 0 aliphatic heterocycles. The molecule has 5 heteroatoms. The number of carbonyl (C=O) groups is 1. The van der Waals surface area contributed by atoms with Gasteiger partial charge in [0, 0.05) is 18.9 Å². The number of benzene rings is 1. The van der Waals surface area contributed by atoms with E-state index < -0.39 is 5.60 Å². The van der Waals surface area contributed by atoms with E-state index in [1.165, 1.54) is 0 Å². The molecule has 1 rings (SSSR count). The number of amides is 1. The van der Waals surface area contributed by atoms with E-state index in [0.717, 1.165) is 11.4 Å². The third kappa shape index (κ3) is 6.89. The fraction of sp³-hybridized carbons (Fsp3) is 0.632. The Morgan fingerprint density at radius 2 is 1.79 bits per heavy atom. The van der Waals surface area contributed by atoms with Crippen molar-refractivity contribution in [2.24, 2.45) is 5.92 Å². The second-order valence-electron chi connectivity index (χ2n) is 6.29. The van der Waals surface area contributed by atoms with Crippen molar-refractivity contribution in [2.45, 2.75) is 46.6 Å². The molecular formula is C19H31NO4. The van der Waals surface area contributed by atoms with E-state index in [-0.39, 0.29) is 5.91 Å². The van der Waals surface area contributed by atoms with Crippen LogP contribution in [0.1, 0.15) is 41.0 Å². The maximum atomic E-state index is 12.6. The molecule has 0 heterocycles. The minimum atomic E-state index is -0.824. The zero-order valence-electron chi connectivity index (χ0n) is 15.6. The minimum absolute atomic E-state index is 0.122. The molecule has 5 nitrogen and oxygen atoms in total. The normalized spacial score (nSPS) is 13.6. The predicted octanol–water partition coefficient (Wildman–Crippen LogP) is 3.88. The van der Waals surface area contributed by atoms with Gasteiger partial charge >= 0.3 is 0 Å². The van der Waals surface area contributed by atoms with Crippen LogP contribution in [0.5, 0.6) is 5.75 Å². The second-order valence-corrected chi connectivity index (χ2v) is 6.29. The quantitative estimate of drug-likeness (QED) is 0.623. The van der Waals surface area contributed by atoms with E-state index >= 15 is 0 Å². The third-order valence-electron chi connectivity index (χ3n) is 3.55.